The highest BCUT2D eigenvalue weighted by Crippen LogP contribution is 2.62. The molecule has 62 heavy (non-hydrogen) atoms. The quantitative estimate of drug-likeness (QED) is 0.118. The van der Waals surface area contributed by atoms with Crippen LogP contribution in [0.3, 0.4) is 0 Å². The summed E-state index contributed by atoms with van der Waals surface area (Å²) in [7, 11) is -4.40. The molecule has 3 aromatic carbocycles. The number of carbonyl (C=O) groups is 2. The maximum Gasteiger partial charge on any atom is 0.293 e. The molecule has 4 saturated carbocycles. The maximum absolute atomic E-state index is 14.4. The van der Waals surface area contributed by atoms with Crippen LogP contribution in [-0.4, -0.2) is 82.0 Å². The van der Waals surface area contributed by atoms with Crippen LogP contribution in [0.2, 0.25) is 0 Å². The average molecular weight is 865 g/mol. The smallest absolute Gasteiger partial charge is 0.293 e. The fourth-order valence-corrected chi connectivity index (χ4v) is 12.8. The van der Waals surface area contributed by atoms with Crippen molar-refractivity contribution in [2.75, 3.05) is 56.2 Å². The highest BCUT2D eigenvalue weighted by molar-refractivity contribution is 7.90. The third-order valence-electron chi connectivity index (χ3n) is 15.8. The van der Waals surface area contributed by atoms with Gasteiger partial charge in [-0.05, 0) is 133 Å². The summed E-state index contributed by atoms with van der Waals surface area (Å²) in [5.41, 5.74) is 4.53. The van der Waals surface area contributed by atoms with Gasteiger partial charge in [-0.1, -0.05) is 51.1 Å². The van der Waals surface area contributed by atoms with Gasteiger partial charge in [0, 0.05) is 75.8 Å². The molecule has 4 bridgehead atoms. The van der Waals surface area contributed by atoms with E-state index in [0.717, 1.165) is 83.0 Å². The first-order valence-electron chi connectivity index (χ1n) is 22.6. The van der Waals surface area contributed by atoms with E-state index >= 15 is 0 Å². The highest BCUT2D eigenvalue weighted by Gasteiger charge is 2.58. The van der Waals surface area contributed by atoms with E-state index in [1.807, 2.05) is 12.1 Å². The van der Waals surface area contributed by atoms with Crippen molar-refractivity contribution in [1.29, 1.82) is 0 Å². The van der Waals surface area contributed by atoms with Gasteiger partial charge in [0.05, 0.1) is 15.2 Å². The van der Waals surface area contributed by atoms with E-state index < -0.39 is 26.3 Å². The van der Waals surface area contributed by atoms with Crippen molar-refractivity contribution in [3.8, 4) is 0 Å². The summed E-state index contributed by atoms with van der Waals surface area (Å²) in [6, 6.07) is 19.3. The summed E-state index contributed by atoms with van der Waals surface area (Å²) in [6.45, 7) is 12.9. The summed E-state index contributed by atoms with van der Waals surface area (Å²) in [5.74, 6) is 2.03. The third-order valence-corrected chi connectivity index (χ3v) is 17.1. The Kier molecular flexibility index (Phi) is 11.5. The molecule has 5 aliphatic carbocycles. The van der Waals surface area contributed by atoms with Gasteiger partial charge in [0.2, 0.25) is 5.91 Å². The van der Waals surface area contributed by atoms with E-state index in [0.29, 0.717) is 54.8 Å². The fourth-order valence-electron chi connectivity index (χ4n) is 11.8. The first kappa shape index (κ1) is 42.5. The number of amides is 2. The van der Waals surface area contributed by atoms with E-state index in [-0.39, 0.29) is 33.8 Å². The Hall–Kier alpha value is -4.79. The zero-order valence-corrected chi connectivity index (χ0v) is 36.9. The number of nitro benzene ring substituents is 1. The molecule has 10 rings (SSSR count). The van der Waals surface area contributed by atoms with Gasteiger partial charge < -0.3 is 20.3 Å². The molecule has 0 radical (unpaired) electrons. The minimum Gasteiger partial charge on any atom is -0.381 e. The van der Waals surface area contributed by atoms with Crippen LogP contribution in [0, 0.1) is 50.5 Å². The second-order valence-electron chi connectivity index (χ2n) is 19.5. The van der Waals surface area contributed by atoms with E-state index in [1.165, 1.54) is 35.3 Å². The number of anilines is 2. The number of nitro groups is 1. The molecule has 2 amide bonds. The summed E-state index contributed by atoms with van der Waals surface area (Å²) in [6.07, 6.45) is 9.36. The Bertz CT molecular complexity index is 2350. The van der Waals surface area contributed by atoms with Crippen LogP contribution in [0.5, 0.6) is 0 Å². The number of fused-ring (bicyclic) bond motifs is 4. The minimum atomic E-state index is -4.40. The lowest BCUT2D eigenvalue weighted by atomic mass is 9.44. The number of allylic oxidation sites excluding steroid dienone is 1. The summed E-state index contributed by atoms with van der Waals surface area (Å²) in [5, 5.41) is 18.6. The molecule has 2 saturated heterocycles. The van der Waals surface area contributed by atoms with E-state index in [4.69, 9.17) is 4.74 Å². The highest BCUT2D eigenvalue weighted by atomic mass is 32.2. The summed E-state index contributed by atoms with van der Waals surface area (Å²) >= 11 is 0. The van der Waals surface area contributed by atoms with Gasteiger partial charge in [0.15, 0.2) is 0 Å². The van der Waals surface area contributed by atoms with Crippen molar-refractivity contribution in [3.63, 3.8) is 0 Å². The summed E-state index contributed by atoms with van der Waals surface area (Å²) in [4.78, 5) is 43.2. The van der Waals surface area contributed by atoms with Gasteiger partial charge >= 0.3 is 0 Å². The minimum absolute atomic E-state index is 0.159. The molecule has 2 unspecified atom stereocenters. The van der Waals surface area contributed by atoms with Gasteiger partial charge in [-0.25, -0.2) is 13.1 Å². The Balaban J connectivity index is 0.799. The number of benzene rings is 3. The number of hydrogen-bond acceptors (Lipinski definition) is 10. The van der Waals surface area contributed by atoms with Gasteiger partial charge in [-0.2, -0.15) is 0 Å². The second-order valence-corrected chi connectivity index (χ2v) is 21.2. The van der Waals surface area contributed by atoms with Crippen LogP contribution in [0.4, 0.5) is 17.1 Å². The molecular formula is C48H60N6O7S. The first-order valence-corrected chi connectivity index (χ1v) is 24.1. The number of rotatable bonds is 13. The molecular weight excluding hydrogens is 805 g/mol. The van der Waals surface area contributed by atoms with Crippen molar-refractivity contribution >= 4 is 44.5 Å². The maximum atomic E-state index is 14.4. The zero-order chi connectivity index (χ0) is 43.4. The predicted molar refractivity (Wildman–Crippen MR) is 239 cm³/mol. The SMILES string of the molecule is C[C@@H]1[C@@H](NC(=O)C23CCC(C=C2c2ccccc2CN2CCN(c4ccc(C(=O)NS(=O)(=O)c5ccc(NCC6CCOCC6)c([N+](=O)[O-])c5)cc4)CC2)C3)C[C@H]2C[C@@H]1C2(C)C. The van der Waals surface area contributed by atoms with Crippen LogP contribution in [0.1, 0.15) is 87.2 Å². The predicted octanol–water partition coefficient (Wildman–Crippen LogP) is 7.24. The Morgan fingerprint density at radius 1 is 0.952 bits per heavy atom. The van der Waals surface area contributed by atoms with Gasteiger partial charge in [-0.3, -0.25) is 24.6 Å². The zero-order valence-electron chi connectivity index (χ0n) is 36.1. The van der Waals surface area contributed by atoms with Crippen LogP contribution in [-0.2, 0) is 26.1 Å². The molecule has 330 valence electrons. The van der Waals surface area contributed by atoms with Crippen molar-refractivity contribution in [2.24, 2.45) is 40.4 Å². The topological polar surface area (TPSA) is 163 Å². The number of hydrogen-bond donors (Lipinski definition) is 3. The average Bonchev–Trinajstić information content (AvgIpc) is 3.88. The molecule has 6 atom stereocenters. The number of nitrogens with zero attached hydrogens (tertiary/aromatic N) is 3. The largest absolute Gasteiger partial charge is 0.381 e. The number of carbonyl (C=O) groups excluding carboxylic acids is 2. The number of sulfonamides is 1. The van der Waals surface area contributed by atoms with Crippen LogP contribution in [0.25, 0.3) is 5.57 Å². The number of nitrogens with one attached hydrogen (secondary N) is 3. The van der Waals surface area contributed by atoms with Crippen LogP contribution < -0.4 is 20.3 Å². The molecule has 13 nitrogen and oxygen atoms in total. The monoisotopic (exact) mass is 864 g/mol. The second kappa shape index (κ2) is 16.7. The Morgan fingerprint density at radius 2 is 1.69 bits per heavy atom. The molecule has 0 aromatic heterocycles. The lowest BCUT2D eigenvalue weighted by molar-refractivity contribution is -0.384. The van der Waals surface area contributed by atoms with Crippen LogP contribution in [0.15, 0.2) is 77.7 Å². The number of piperazine rings is 1. The molecule has 3 N–H and O–H groups in total. The molecule has 0 spiro atoms. The molecule has 6 fully saturated rings. The van der Waals surface area contributed by atoms with Crippen molar-refractivity contribution in [2.45, 2.75) is 83.2 Å². The fraction of sp³-hybridized carbons (Fsp3) is 0.542. The molecule has 2 aliphatic heterocycles. The Labute approximate surface area is 365 Å². The molecule has 3 aromatic rings. The molecule has 7 aliphatic rings. The normalized spacial score (nSPS) is 28.1. The number of ether oxygens (including phenoxy) is 1. The lowest BCUT2D eigenvalue weighted by Crippen LogP contribution is -2.61. The van der Waals surface area contributed by atoms with E-state index in [9.17, 15) is 28.1 Å². The van der Waals surface area contributed by atoms with Crippen molar-refractivity contribution < 1.29 is 27.7 Å². The molecule has 2 heterocycles. The first-order chi connectivity index (χ1) is 29.7. The van der Waals surface area contributed by atoms with Crippen LogP contribution >= 0.6 is 0 Å². The molecule has 14 heteroatoms. The Morgan fingerprint density at radius 3 is 2.39 bits per heavy atom. The third kappa shape index (κ3) is 8.02. The standard InChI is InChI=1S/C48H60N6O7S/c1-31-40-25-36(47(40,2)3)26-43(31)50-46(56)48-17-14-33(28-48)24-41(48)39-7-5-4-6-35(39)30-52-18-20-53(21-19-52)37-10-8-34(9-11-37)45(55)51-62(59,60)38-12-13-42(44(27-38)54(57)58)49-29-32-15-22-61-23-16-32/h4-13,24,27,31-33,36,40,43,49H,14-23,25-26,28-30H2,1-3H3,(H,50,56)(H,51,55)/t31-,33?,36+,40-,43-,48?/m0/s1. The lowest BCUT2D eigenvalue weighted by Gasteiger charge is -2.62. The van der Waals surface area contributed by atoms with Crippen molar-refractivity contribution in [1.82, 2.24) is 14.9 Å². The van der Waals surface area contributed by atoms with E-state index in [2.05, 4.69) is 76.3 Å². The van der Waals surface area contributed by atoms with Crippen molar-refractivity contribution in [3.05, 3.63) is 99.6 Å². The summed E-state index contributed by atoms with van der Waals surface area (Å²) < 4.78 is 34.0. The van der Waals surface area contributed by atoms with E-state index in [1.54, 1.807) is 12.1 Å². The van der Waals surface area contributed by atoms with Gasteiger partial charge in [-0.15, -0.1) is 0 Å². The van der Waals surface area contributed by atoms with Gasteiger partial charge in [0.1, 0.15) is 5.69 Å². The van der Waals surface area contributed by atoms with Gasteiger partial charge in [0.25, 0.3) is 21.6 Å².